The molecule has 0 spiro atoms. The number of carbonyl (C=O) groups is 1. The summed E-state index contributed by atoms with van der Waals surface area (Å²) in [5.74, 6) is -0.0785. The molecule has 3 heterocycles. The first-order chi connectivity index (χ1) is 9.56. The highest BCUT2D eigenvalue weighted by atomic mass is 32.1. The van der Waals surface area contributed by atoms with Crippen LogP contribution >= 0.6 is 11.3 Å². The number of carbonyl (C=O) groups excluding carboxylic acids is 1. The summed E-state index contributed by atoms with van der Waals surface area (Å²) in [5, 5.41) is 3.98. The lowest BCUT2D eigenvalue weighted by Gasteiger charge is -2.12. The van der Waals surface area contributed by atoms with E-state index in [1.54, 1.807) is 6.20 Å². The summed E-state index contributed by atoms with van der Waals surface area (Å²) in [7, 11) is 2.06. The van der Waals surface area contributed by atoms with Crippen molar-refractivity contribution in [2.75, 3.05) is 25.9 Å². The molecule has 0 saturated carbocycles. The molecule has 0 bridgehead atoms. The molecule has 3 rings (SSSR count). The largest absolute Gasteiger partial charge is 0.397 e. The Morgan fingerprint density at radius 1 is 1.60 bits per heavy atom. The van der Waals surface area contributed by atoms with Crippen LogP contribution in [0.5, 0.6) is 0 Å². The van der Waals surface area contributed by atoms with Crippen LogP contribution in [0.4, 0.5) is 5.69 Å². The van der Waals surface area contributed by atoms with Gasteiger partial charge in [-0.15, -0.1) is 11.3 Å². The third kappa shape index (κ3) is 2.25. The first-order valence-corrected chi connectivity index (χ1v) is 7.51. The van der Waals surface area contributed by atoms with E-state index in [2.05, 4.69) is 22.2 Å². The van der Waals surface area contributed by atoms with E-state index in [1.807, 2.05) is 13.0 Å². The number of nitrogens with one attached hydrogen (secondary N) is 1. The lowest BCUT2D eigenvalue weighted by atomic mass is 10.1. The van der Waals surface area contributed by atoms with Crippen molar-refractivity contribution in [3.63, 3.8) is 0 Å². The second-order valence-corrected chi connectivity index (χ2v) is 6.37. The number of likely N-dealkylation sites (N-methyl/N-ethyl adjacent to an activating group) is 1. The number of thiophene rings is 1. The lowest BCUT2D eigenvalue weighted by Crippen LogP contribution is -2.36. The van der Waals surface area contributed by atoms with E-state index in [9.17, 15) is 4.79 Å². The topological polar surface area (TPSA) is 71.2 Å². The third-order valence-electron chi connectivity index (χ3n) is 3.77. The molecule has 5 nitrogen and oxygen atoms in total. The van der Waals surface area contributed by atoms with E-state index in [0.29, 0.717) is 10.6 Å². The lowest BCUT2D eigenvalue weighted by molar-refractivity contribution is 0.0943. The molecule has 0 aliphatic carbocycles. The van der Waals surface area contributed by atoms with Crippen LogP contribution in [0.2, 0.25) is 0 Å². The smallest absolute Gasteiger partial charge is 0.263 e. The highest BCUT2D eigenvalue weighted by Gasteiger charge is 2.24. The fourth-order valence-corrected chi connectivity index (χ4v) is 3.72. The number of nitrogens with zero attached hydrogens (tertiary/aromatic N) is 2. The number of nitrogens with two attached hydrogens (primary N) is 1. The van der Waals surface area contributed by atoms with E-state index in [0.717, 1.165) is 35.3 Å². The van der Waals surface area contributed by atoms with Gasteiger partial charge in [0.2, 0.25) is 0 Å². The number of aryl methyl sites for hydroxylation is 1. The molecule has 2 aromatic heterocycles. The highest BCUT2D eigenvalue weighted by Crippen LogP contribution is 2.34. The Kier molecular flexibility index (Phi) is 3.35. The number of rotatable bonds is 2. The first kappa shape index (κ1) is 13.3. The molecule has 6 heteroatoms. The van der Waals surface area contributed by atoms with Gasteiger partial charge in [-0.05, 0) is 38.6 Å². The molecule has 1 saturated heterocycles. The molecule has 20 heavy (non-hydrogen) atoms. The average Bonchev–Trinajstić information content (AvgIpc) is 2.95. The van der Waals surface area contributed by atoms with Crippen molar-refractivity contribution < 1.29 is 4.79 Å². The number of nitrogen functional groups attached to an aromatic ring is 1. The fraction of sp³-hybridized carbons (Fsp3) is 0.429. The minimum absolute atomic E-state index is 0.0785. The van der Waals surface area contributed by atoms with Crippen molar-refractivity contribution >= 4 is 33.1 Å². The molecular formula is C14H18N4OS. The van der Waals surface area contributed by atoms with Crippen LogP contribution in [0.3, 0.4) is 0 Å². The zero-order chi connectivity index (χ0) is 14.3. The van der Waals surface area contributed by atoms with Gasteiger partial charge >= 0.3 is 0 Å². The van der Waals surface area contributed by atoms with Crippen LogP contribution in [0.25, 0.3) is 10.2 Å². The minimum atomic E-state index is -0.0785. The Bertz CT molecular complexity index is 666. The maximum atomic E-state index is 12.4. The van der Waals surface area contributed by atoms with E-state index in [-0.39, 0.29) is 11.9 Å². The van der Waals surface area contributed by atoms with Crippen molar-refractivity contribution in [2.24, 2.45) is 0 Å². The number of fused-ring (bicyclic) bond motifs is 1. The SMILES string of the molecule is Cc1ccnc2sc(C(=O)NC3CCN(C)C3)c(N)c12. The van der Waals surface area contributed by atoms with Gasteiger partial charge in [-0.2, -0.15) is 0 Å². The third-order valence-corrected chi connectivity index (χ3v) is 4.88. The molecule has 0 aromatic carbocycles. The summed E-state index contributed by atoms with van der Waals surface area (Å²) < 4.78 is 0. The van der Waals surface area contributed by atoms with Crippen molar-refractivity contribution in [1.82, 2.24) is 15.2 Å². The second-order valence-electron chi connectivity index (χ2n) is 5.37. The van der Waals surface area contributed by atoms with Gasteiger partial charge in [0, 0.05) is 24.2 Å². The van der Waals surface area contributed by atoms with Gasteiger partial charge in [0.1, 0.15) is 9.71 Å². The van der Waals surface area contributed by atoms with Crippen molar-refractivity contribution in [2.45, 2.75) is 19.4 Å². The highest BCUT2D eigenvalue weighted by molar-refractivity contribution is 7.21. The molecule has 3 N–H and O–H groups in total. The summed E-state index contributed by atoms with van der Waals surface area (Å²) in [5.41, 5.74) is 7.76. The Morgan fingerprint density at radius 2 is 2.40 bits per heavy atom. The molecule has 2 aromatic rings. The number of hydrogen-bond acceptors (Lipinski definition) is 5. The first-order valence-electron chi connectivity index (χ1n) is 6.69. The molecule has 1 atom stereocenters. The predicted molar refractivity (Wildman–Crippen MR) is 82.1 cm³/mol. The molecule has 106 valence electrons. The monoisotopic (exact) mass is 290 g/mol. The number of anilines is 1. The Labute approximate surface area is 121 Å². The van der Waals surface area contributed by atoms with Gasteiger partial charge in [-0.3, -0.25) is 4.79 Å². The molecule has 1 aliphatic heterocycles. The average molecular weight is 290 g/mol. The molecule has 1 unspecified atom stereocenters. The van der Waals surface area contributed by atoms with E-state index < -0.39 is 0 Å². The zero-order valence-electron chi connectivity index (χ0n) is 11.6. The Morgan fingerprint density at radius 3 is 3.05 bits per heavy atom. The molecule has 1 amide bonds. The molecular weight excluding hydrogens is 272 g/mol. The summed E-state index contributed by atoms with van der Waals surface area (Å²) in [4.78, 5) is 20.3. The summed E-state index contributed by atoms with van der Waals surface area (Å²) in [6.07, 6.45) is 2.74. The van der Waals surface area contributed by atoms with Crippen LogP contribution < -0.4 is 11.1 Å². The quantitative estimate of drug-likeness (QED) is 0.881. The van der Waals surface area contributed by atoms with Crippen LogP contribution in [-0.4, -0.2) is 42.0 Å². The summed E-state index contributed by atoms with van der Waals surface area (Å²) in [6.45, 7) is 3.90. The number of hydrogen-bond donors (Lipinski definition) is 2. The van der Waals surface area contributed by atoms with Crippen molar-refractivity contribution in [3.8, 4) is 0 Å². The van der Waals surface area contributed by atoms with Gasteiger partial charge in [0.25, 0.3) is 5.91 Å². The number of likely N-dealkylation sites (tertiary alicyclic amines) is 1. The second kappa shape index (κ2) is 5.03. The number of amides is 1. The predicted octanol–water partition coefficient (Wildman–Crippen LogP) is 1.62. The zero-order valence-corrected chi connectivity index (χ0v) is 12.5. The maximum absolute atomic E-state index is 12.4. The molecule has 1 aliphatic rings. The maximum Gasteiger partial charge on any atom is 0.263 e. The summed E-state index contributed by atoms with van der Waals surface area (Å²) in [6, 6.07) is 2.13. The van der Waals surface area contributed by atoms with Crippen molar-refractivity contribution in [1.29, 1.82) is 0 Å². The van der Waals surface area contributed by atoms with Crippen LogP contribution in [-0.2, 0) is 0 Å². The minimum Gasteiger partial charge on any atom is -0.397 e. The van der Waals surface area contributed by atoms with E-state index in [1.165, 1.54) is 11.3 Å². The van der Waals surface area contributed by atoms with Gasteiger partial charge in [0.05, 0.1) is 5.69 Å². The van der Waals surface area contributed by atoms with E-state index >= 15 is 0 Å². The molecule has 0 radical (unpaired) electrons. The normalized spacial score (nSPS) is 19.6. The number of aromatic nitrogens is 1. The van der Waals surface area contributed by atoms with Crippen molar-refractivity contribution in [3.05, 3.63) is 22.7 Å². The fourth-order valence-electron chi connectivity index (χ4n) is 2.68. The molecule has 1 fully saturated rings. The Hall–Kier alpha value is -1.66. The summed E-state index contributed by atoms with van der Waals surface area (Å²) >= 11 is 1.37. The van der Waals surface area contributed by atoms with Gasteiger partial charge in [-0.1, -0.05) is 0 Å². The van der Waals surface area contributed by atoms with Crippen LogP contribution in [0.15, 0.2) is 12.3 Å². The Balaban J connectivity index is 1.88. The number of pyridine rings is 1. The van der Waals surface area contributed by atoms with Gasteiger partial charge < -0.3 is 16.0 Å². The van der Waals surface area contributed by atoms with Gasteiger partial charge in [-0.25, -0.2) is 4.98 Å². The van der Waals surface area contributed by atoms with Gasteiger partial charge in [0.15, 0.2) is 0 Å². The van der Waals surface area contributed by atoms with Crippen LogP contribution in [0.1, 0.15) is 21.7 Å². The van der Waals surface area contributed by atoms with Crippen LogP contribution in [0, 0.1) is 6.92 Å². The van der Waals surface area contributed by atoms with E-state index in [4.69, 9.17) is 5.73 Å². The standard InChI is InChI=1S/C14H18N4OS/c1-8-3-5-16-14-10(8)11(15)12(20-14)13(19)17-9-4-6-18(2)7-9/h3,5,9H,4,6-7,15H2,1-2H3,(H,17,19).